The molecule has 132 valence electrons. The second-order valence-electron chi connectivity index (χ2n) is 7.64. The fourth-order valence-electron chi connectivity index (χ4n) is 2.78. The van der Waals surface area contributed by atoms with Crippen LogP contribution >= 0.6 is 0 Å². The molecule has 0 spiro atoms. The van der Waals surface area contributed by atoms with Crippen molar-refractivity contribution in [1.29, 1.82) is 0 Å². The van der Waals surface area contributed by atoms with Crippen molar-refractivity contribution in [1.82, 2.24) is 15.5 Å². The summed E-state index contributed by atoms with van der Waals surface area (Å²) in [5, 5.41) is 6.81. The van der Waals surface area contributed by atoms with E-state index in [0.717, 1.165) is 37.8 Å². The lowest BCUT2D eigenvalue weighted by Crippen LogP contribution is -2.53. The van der Waals surface area contributed by atoms with Crippen molar-refractivity contribution in [3.05, 3.63) is 0 Å². The highest BCUT2D eigenvalue weighted by Crippen LogP contribution is 2.31. The molecule has 1 heterocycles. The Morgan fingerprint density at radius 1 is 1.30 bits per heavy atom. The van der Waals surface area contributed by atoms with Gasteiger partial charge in [-0.05, 0) is 46.0 Å². The fraction of sp³-hybridized carbons (Fsp3) is 0.882. The number of nitrogens with zero attached hydrogens (tertiary/aromatic N) is 2. The molecule has 0 aromatic heterocycles. The Morgan fingerprint density at radius 3 is 2.65 bits per heavy atom. The van der Waals surface area contributed by atoms with Gasteiger partial charge in [-0.25, -0.2) is 4.79 Å². The molecular weight excluding hydrogens is 292 g/mol. The van der Waals surface area contributed by atoms with Crippen LogP contribution in [0.25, 0.3) is 0 Å². The molecule has 1 saturated heterocycles. The van der Waals surface area contributed by atoms with Crippen molar-refractivity contribution in [3.63, 3.8) is 0 Å². The summed E-state index contributed by atoms with van der Waals surface area (Å²) in [5.74, 6) is 1.75. The number of rotatable bonds is 4. The van der Waals surface area contributed by atoms with Gasteiger partial charge in [-0.2, -0.15) is 0 Å². The van der Waals surface area contributed by atoms with E-state index in [2.05, 4.69) is 15.6 Å². The SMILES string of the molecule is CN=C(NCCC1CC1)NC1CCCN(C(=O)OC(C)(C)C)C1. The maximum Gasteiger partial charge on any atom is 0.410 e. The maximum atomic E-state index is 12.2. The number of guanidine groups is 1. The number of piperidine rings is 1. The van der Waals surface area contributed by atoms with Gasteiger partial charge in [-0.1, -0.05) is 12.8 Å². The molecule has 0 aromatic carbocycles. The summed E-state index contributed by atoms with van der Waals surface area (Å²) in [6.45, 7) is 8.09. The molecule has 1 unspecified atom stereocenters. The Labute approximate surface area is 140 Å². The van der Waals surface area contributed by atoms with Gasteiger partial charge in [-0.15, -0.1) is 0 Å². The third-order valence-electron chi connectivity index (χ3n) is 4.18. The van der Waals surface area contributed by atoms with E-state index in [1.54, 1.807) is 11.9 Å². The van der Waals surface area contributed by atoms with Gasteiger partial charge in [0.1, 0.15) is 5.60 Å². The zero-order valence-corrected chi connectivity index (χ0v) is 15.0. The molecule has 1 atom stereocenters. The van der Waals surface area contributed by atoms with Gasteiger partial charge in [0, 0.05) is 32.7 Å². The number of hydrogen-bond acceptors (Lipinski definition) is 3. The number of carbonyl (C=O) groups excluding carboxylic acids is 1. The van der Waals surface area contributed by atoms with Crippen LogP contribution in [-0.2, 0) is 4.74 Å². The highest BCUT2D eigenvalue weighted by molar-refractivity contribution is 5.80. The van der Waals surface area contributed by atoms with Crippen LogP contribution in [-0.4, -0.2) is 55.3 Å². The maximum absolute atomic E-state index is 12.2. The van der Waals surface area contributed by atoms with Gasteiger partial charge in [0.25, 0.3) is 0 Å². The summed E-state index contributed by atoms with van der Waals surface area (Å²) in [6, 6.07) is 0.225. The van der Waals surface area contributed by atoms with E-state index in [9.17, 15) is 4.79 Å². The molecule has 0 aromatic rings. The van der Waals surface area contributed by atoms with Gasteiger partial charge in [-0.3, -0.25) is 4.99 Å². The van der Waals surface area contributed by atoms with Crippen molar-refractivity contribution < 1.29 is 9.53 Å². The van der Waals surface area contributed by atoms with E-state index < -0.39 is 5.60 Å². The first kappa shape index (κ1) is 17.9. The van der Waals surface area contributed by atoms with E-state index in [1.165, 1.54) is 19.3 Å². The van der Waals surface area contributed by atoms with Crippen molar-refractivity contribution in [2.24, 2.45) is 10.9 Å². The van der Waals surface area contributed by atoms with Crippen LogP contribution in [0.2, 0.25) is 0 Å². The largest absolute Gasteiger partial charge is 0.444 e. The highest BCUT2D eigenvalue weighted by Gasteiger charge is 2.28. The first-order valence-electron chi connectivity index (χ1n) is 8.82. The molecule has 6 nitrogen and oxygen atoms in total. The number of carbonyl (C=O) groups is 1. The monoisotopic (exact) mass is 324 g/mol. The normalized spacial score (nSPS) is 22.7. The van der Waals surface area contributed by atoms with Gasteiger partial charge < -0.3 is 20.3 Å². The zero-order valence-electron chi connectivity index (χ0n) is 15.0. The molecule has 1 saturated carbocycles. The Hall–Kier alpha value is -1.46. The molecule has 1 amide bonds. The Balaban J connectivity index is 1.76. The molecule has 6 heteroatoms. The second kappa shape index (κ2) is 7.88. The van der Waals surface area contributed by atoms with Crippen LogP contribution in [0.15, 0.2) is 4.99 Å². The third kappa shape index (κ3) is 6.67. The highest BCUT2D eigenvalue weighted by atomic mass is 16.6. The summed E-state index contributed by atoms with van der Waals surface area (Å²) in [6.07, 6.45) is 5.77. The van der Waals surface area contributed by atoms with Gasteiger partial charge >= 0.3 is 6.09 Å². The molecule has 0 radical (unpaired) electrons. The van der Waals surface area contributed by atoms with Crippen molar-refractivity contribution in [3.8, 4) is 0 Å². The molecule has 0 bridgehead atoms. The minimum atomic E-state index is -0.447. The van der Waals surface area contributed by atoms with Gasteiger partial charge in [0.15, 0.2) is 5.96 Å². The Morgan fingerprint density at radius 2 is 2.04 bits per heavy atom. The summed E-state index contributed by atoms with van der Waals surface area (Å²) >= 11 is 0. The number of likely N-dealkylation sites (tertiary alicyclic amines) is 1. The fourth-order valence-corrected chi connectivity index (χ4v) is 2.78. The molecule has 2 N–H and O–H groups in total. The van der Waals surface area contributed by atoms with Crippen LogP contribution in [0.3, 0.4) is 0 Å². The van der Waals surface area contributed by atoms with Crippen LogP contribution < -0.4 is 10.6 Å². The van der Waals surface area contributed by atoms with Crippen molar-refractivity contribution >= 4 is 12.1 Å². The minimum Gasteiger partial charge on any atom is -0.444 e. The van der Waals surface area contributed by atoms with Crippen LogP contribution in [0, 0.1) is 5.92 Å². The Bertz CT molecular complexity index is 427. The first-order chi connectivity index (χ1) is 10.9. The summed E-state index contributed by atoms with van der Waals surface area (Å²) in [5.41, 5.74) is -0.447. The number of ether oxygens (including phenoxy) is 1. The van der Waals surface area contributed by atoms with Crippen molar-refractivity contribution in [2.45, 2.75) is 64.5 Å². The summed E-state index contributed by atoms with van der Waals surface area (Å²) in [7, 11) is 1.79. The van der Waals surface area contributed by atoms with E-state index in [0.29, 0.717) is 6.54 Å². The molecule has 2 rings (SSSR count). The predicted molar refractivity (Wildman–Crippen MR) is 92.7 cm³/mol. The van der Waals surface area contributed by atoms with Crippen LogP contribution in [0.4, 0.5) is 4.79 Å². The van der Waals surface area contributed by atoms with E-state index in [4.69, 9.17) is 4.74 Å². The molecule has 1 aliphatic heterocycles. The minimum absolute atomic E-state index is 0.222. The number of nitrogens with one attached hydrogen (secondary N) is 2. The Kier molecular flexibility index (Phi) is 6.13. The lowest BCUT2D eigenvalue weighted by molar-refractivity contribution is 0.0193. The number of hydrogen-bond donors (Lipinski definition) is 2. The zero-order chi connectivity index (χ0) is 16.9. The molecule has 2 aliphatic rings. The molecule has 2 fully saturated rings. The summed E-state index contributed by atoms with van der Waals surface area (Å²) < 4.78 is 5.47. The summed E-state index contributed by atoms with van der Waals surface area (Å²) in [4.78, 5) is 18.3. The quantitative estimate of drug-likeness (QED) is 0.615. The number of amides is 1. The predicted octanol–water partition coefficient (Wildman–Crippen LogP) is 2.35. The average molecular weight is 324 g/mol. The number of aliphatic imine (C=N–C) groups is 1. The smallest absolute Gasteiger partial charge is 0.410 e. The average Bonchev–Trinajstić information content (AvgIpc) is 3.29. The van der Waals surface area contributed by atoms with Gasteiger partial charge in [0.05, 0.1) is 0 Å². The molecular formula is C17H32N4O2. The van der Waals surface area contributed by atoms with Gasteiger partial charge in [0.2, 0.25) is 0 Å². The molecule has 23 heavy (non-hydrogen) atoms. The van der Waals surface area contributed by atoms with Crippen LogP contribution in [0.5, 0.6) is 0 Å². The lowest BCUT2D eigenvalue weighted by Gasteiger charge is -2.35. The topological polar surface area (TPSA) is 66.0 Å². The first-order valence-corrected chi connectivity index (χ1v) is 8.82. The van der Waals surface area contributed by atoms with E-state index in [1.807, 2.05) is 20.8 Å². The second-order valence-corrected chi connectivity index (χ2v) is 7.64. The lowest BCUT2D eigenvalue weighted by atomic mass is 10.1. The molecule has 1 aliphatic carbocycles. The third-order valence-corrected chi connectivity index (χ3v) is 4.18. The van der Waals surface area contributed by atoms with Crippen LogP contribution in [0.1, 0.15) is 52.9 Å². The van der Waals surface area contributed by atoms with Crippen molar-refractivity contribution in [2.75, 3.05) is 26.7 Å². The standard InChI is InChI=1S/C17H32N4O2/c1-17(2,3)23-16(22)21-11-5-6-14(12-21)20-15(18-4)19-10-9-13-7-8-13/h13-14H,5-12H2,1-4H3,(H2,18,19,20). The van der Waals surface area contributed by atoms with E-state index in [-0.39, 0.29) is 12.1 Å². The van der Waals surface area contributed by atoms with E-state index >= 15 is 0 Å².